The van der Waals surface area contributed by atoms with E-state index in [2.05, 4.69) is 0 Å². The number of rotatable bonds is 6. The highest BCUT2D eigenvalue weighted by Crippen LogP contribution is 2.70. The number of Topliss-reactive ketones (excluding diaryl/α,β-unsaturated/α-hetero) is 4. The zero-order chi connectivity index (χ0) is 27.4. The lowest BCUT2D eigenvalue weighted by Crippen LogP contribution is -2.82. The van der Waals surface area contributed by atoms with Gasteiger partial charge >= 0.3 is 0 Å². The van der Waals surface area contributed by atoms with Crippen LogP contribution in [0.25, 0.3) is 0 Å². The molecule has 194 valence electrons. The molecule has 0 amide bonds. The fraction of sp³-hybridized carbons (Fsp3) is 0.500. The second kappa shape index (κ2) is 8.78. The van der Waals surface area contributed by atoms with Crippen LogP contribution in [-0.2, 0) is 19.2 Å². The third kappa shape index (κ3) is 3.13. The van der Waals surface area contributed by atoms with E-state index >= 15 is 0 Å². The first-order valence-corrected chi connectivity index (χ1v) is 12.0. The van der Waals surface area contributed by atoms with Gasteiger partial charge in [-0.2, -0.15) is 0 Å². The molecule has 36 heavy (non-hydrogen) atoms. The van der Waals surface area contributed by atoms with Gasteiger partial charge in [0.25, 0.3) is 0 Å². The van der Waals surface area contributed by atoms with Crippen molar-refractivity contribution < 1.29 is 39.6 Å². The Hall–Kier alpha value is -3.10. The average molecular weight is 499 g/mol. The number of fused-ring (bicyclic) bond motifs is 2. The maximum Gasteiger partial charge on any atom is 0.179 e. The lowest BCUT2D eigenvalue weighted by molar-refractivity contribution is -0.223. The van der Waals surface area contributed by atoms with Crippen LogP contribution in [0.3, 0.4) is 0 Å². The van der Waals surface area contributed by atoms with Crippen LogP contribution in [0.1, 0.15) is 54.4 Å². The molecular weight excluding hydrogens is 464 g/mol. The van der Waals surface area contributed by atoms with E-state index in [1.165, 1.54) is 26.0 Å². The van der Waals surface area contributed by atoms with Crippen LogP contribution in [0.15, 0.2) is 59.1 Å². The third-order valence-corrected chi connectivity index (χ3v) is 8.30. The molecular formula is C28H34O8. The van der Waals surface area contributed by atoms with Gasteiger partial charge in [-0.1, -0.05) is 30.4 Å². The van der Waals surface area contributed by atoms with Gasteiger partial charge in [0.1, 0.15) is 39.3 Å². The van der Waals surface area contributed by atoms with Gasteiger partial charge in [0, 0.05) is 29.4 Å². The molecule has 6 atom stereocenters. The van der Waals surface area contributed by atoms with E-state index in [4.69, 9.17) is 0 Å². The van der Waals surface area contributed by atoms with E-state index in [9.17, 15) is 39.6 Å². The quantitative estimate of drug-likeness (QED) is 0.143. The van der Waals surface area contributed by atoms with Gasteiger partial charge in [0.15, 0.2) is 17.3 Å². The minimum absolute atomic E-state index is 0.214. The number of carbonyl (C=O) groups excluding carboxylic acids is 4. The van der Waals surface area contributed by atoms with Gasteiger partial charge in [0.05, 0.1) is 0 Å². The summed E-state index contributed by atoms with van der Waals surface area (Å²) in [6.45, 7) is 8.19. The second-order valence-corrected chi connectivity index (χ2v) is 10.4. The standard InChI is InChI=1S/C28H34O8/c1-7-9-11-13-16(29)18-19-20-27(6,36)21(31)15(3)22(32)28(20,17(30)14-12-10-8-2)25(4,23(18)33)24(34)26(19,5)35/h7-11,13,19-20,29,31,35-36H,12,14H2,1-6H3/b9-7?,10-8+,13-11?,18-16-/t19-,20-,25-,26+,27+,28-/m1/s1. The summed E-state index contributed by atoms with van der Waals surface area (Å²) in [6.07, 6.45) is 9.31. The lowest BCUT2D eigenvalue weighted by atomic mass is 9.32. The molecule has 4 rings (SSSR count). The average Bonchev–Trinajstić information content (AvgIpc) is 2.81. The summed E-state index contributed by atoms with van der Waals surface area (Å²) < 4.78 is 0. The van der Waals surface area contributed by atoms with Crippen molar-refractivity contribution in [2.75, 3.05) is 0 Å². The number of aliphatic hydroxyl groups excluding tert-OH is 2. The lowest BCUT2D eigenvalue weighted by Gasteiger charge is -2.67. The number of allylic oxidation sites excluding steroid dienone is 7. The number of carbonyl (C=O) groups is 4. The molecule has 4 aliphatic carbocycles. The monoisotopic (exact) mass is 498 g/mol. The van der Waals surface area contributed by atoms with Crippen molar-refractivity contribution in [1.29, 1.82) is 0 Å². The molecule has 0 aromatic carbocycles. The number of ketones is 4. The molecule has 2 bridgehead atoms. The molecule has 0 aromatic heterocycles. The molecule has 8 nitrogen and oxygen atoms in total. The van der Waals surface area contributed by atoms with Crippen LogP contribution >= 0.6 is 0 Å². The summed E-state index contributed by atoms with van der Waals surface area (Å²) in [5.74, 6) is -8.20. The van der Waals surface area contributed by atoms with E-state index in [1.54, 1.807) is 38.2 Å². The summed E-state index contributed by atoms with van der Waals surface area (Å²) >= 11 is 0. The molecule has 3 saturated carbocycles. The Morgan fingerprint density at radius 1 is 0.972 bits per heavy atom. The Morgan fingerprint density at radius 3 is 2.14 bits per heavy atom. The van der Waals surface area contributed by atoms with Crippen LogP contribution in [0.2, 0.25) is 0 Å². The highest BCUT2D eigenvalue weighted by molar-refractivity contribution is 6.32. The van der Waals surface area contributed by atoms with Crippen molar-refractivity contribution in [2.24, 2.45) is 22.7 Å². The van der Waals surface area contributed by atoms with E-state index in [0.717, 1.165) is 13.8 Å². The zero-order valence-electron chi connectivity index (χ0n) is 21.5. The summed E-state index contributed by atoms with van der Waals surface area (Å²) in [5.41, 5.74) is -10.1. The Bertz CT molecular complexity index is 1190. The molecule has 0 aromatic rings. The summed E-state index contributed by atoms with van der Waals surface area (Å²) in [7, 11) is 0. The van der Waals surface area contributed by atoms with Crippen LogP contribution in [0, 0.1) is 22.7 Å². The Balaban J connectivity index is 2.51. The Labute approximate surface area is 210 Å². The zero-order valence-corrected chi connectivity index (χ0v) is 21.5. The molecule has 0 spiro atoms. The minimum Gasteiger partial charge on any atom is -0.509 e. The van der Waals surface area contributed by atoms with Crippen LogP contribution in [0.4, 0.5) is 0 Å². The topological polar surface area (TPSA) is 149 Å². The molecule has 3 fully saturated rings. The normalized spacial score (nSPS) is 40.2. The molecule has 0 unspecified atom stereocenters. The number of hydrogen-bond donors (Lipinski definition) is 4. The fourth-order valence-corrected chi connectivity index (χ4v) is 6.68. The Morgan fingerprint density at radius 2 is 1.58 bits per heavy atom. The van der Waals surface area contributed by atoms with Crippen LogP contribution in [-0.4, -0.2) is 54.8 Å². The third-order valence-electron chi connectivity index (χ3n) is 8.30. The molecule has 0 aliphatic heterocycles. The number of aliphatic hydroxyl groups is 4. The first-order chi connectivity index (χ1) is 16.6. The molecule has 0 radical (unpaired) electrons. The van der Waals surface area contributed by atoms with E-state index < -0.39 is 68.5 Å². The van der Waals surface area contributed by atoms with Gasteiger partial charge in [0.2, 0.25) is 0 Å². The largest absolute Gasteiger partial charge is 0.509 e. The molecule has 8 heteroatoms. The van der Waals surface area contributed by atoms with Crippen molar-refractivity contribution in [2.45, 2.75) is 65.6 Å². The highest BCUT2D eigenvalue weighted by atomic mass is 16.3. The van der Waals surface area contributed by atoms with E-state index in [1.807, 2.05) is 0 Å². The molecule has 4 aliphatic rings. The molecule has 0 heterocycles. The van der Waals surface area contributed by atoms with Crippen molar-refractivity contribution in [3.8, 4) is 0 Å². The molecule has 0 saturated heterocycles. The first kappa shape index (κ1) is 27.5. The van der Waals surface area contributed by atoms with Gasteiger partial charge in [-0.15, -0.1) is 0 Å². The molecule has 4 N–H and O–H groups in total. The SMILES string of the molecule is CC=CC=C/C(O)=C1/C(=O)[C@]2(C)C(=O)[C@@](C)(O)[C@H]1[C@H]1[C@]2(C(=O)CC/C=C/C)C(=O)C(C)=C(O)[C@@]1(C)O. The van der Waals surface area contributed by atoms with E-state index in [0.29, 0.717) is 0 Å². The van der Waals surface area contributed by atoms with Crippen molar-refractivity contribution >= 4 is 23.1 Å². The van der Waals surface area contributed by atoms with Gasteiger partial charge in [-0.05, 0) is 54.0 Å². The van der Waals surface area contributed by atoms with E-state index in [-0.39, 0.29) is 24.0 Å². The van der Waals surface area contributed by atoms with Gasteiger partial charge < -0.3 is 20.4 Å². The summed E-state index contributed by atoms with van der Waals surface area (Å²) in [5, 5.41) is 45.0. The maximum atomic E-state index is 14.0. The van der Waals surface area contributed by atoms with Crippen molar-refractivity contribution in [3.05, 3.63) is 59.1 Å². The van der Waals surface area contributed by atoms with Crippen molar-refractivity contribution in [3.63, 3.8) is 0 Å². The van der Waals surface area contributed by atoms with Crippen LogP contribution in [0.5, 0.6) is 0 Å². The minimum atomic E-state index is -2.44. The maximum absolute atomic E-state index is 14.0. The van der Waals surface area contributed by atoms with Gasteiger partial charge in [-0.25, -0.2) is 0 Å². The Kier molecular flexibility index (Phi) is 6.70. The second-order valence-electron chi connectivity index (χ2n) is 10.4. The van der Waals surface area contributed by atoms with Gasteiger partial charge in [-0.3, -0.25) is 19.2 Å². The summed E-state index contributed by atoms with van der Waals surface area (Å²) in [4.78, 5) is 55.9. The first-order valence-electron chi connectivity index (χ1n) is 12.0. The van der Waals surface area contributed by atoms with Crippen LogP contribution < -0.4 is 0 Å². The summed E-state index contributed by atoms with van der Waals surface area (Å²) in [6, 6.07) is 0. The number of hydrogen-bond acceptors (Lipinski definition) is 8. The predicted octanol–water partition coefficient (Wildman–Crippen LogP) is 3.16. The predicted molar refractivity (Wildman–Crippen MR) is 132 cm³/mol. The van der Waals surface area contributed by atoms with Crippen molar-refractivity contribution in [1.82, 2.24) is 0 Å². The fourth-order valence-electron chi connectivity index (χ4n) is 6.68. The highest BCUT2D eigenvalue weighted by Gasteiger charge is 2.85. The smallest absolute Gasteiger partial charge is 0.179 e.